The maximum atomic E-state index is 14.9. The third kappa shape index (κ3) is 6.19. The second-order valence-corrected chi connectivity index (χ2v) is 10.7. The summed E-state index contributed by atoms with van der Waals surface area (Å²) in [6.45, 7) is 2.59. The van der Waals surface area contributed by atoms with Crippen LogP contribution in [0.4, 0.5) is 24.6 Å². The molecule has 1 aromatic carbocycles. The van der Waals surface area contributed by atoms with E-state index in [0.29, 0.717) is 16.4 Å². The van der Waals surface area contributed by atoms with Crippen molar-refractivity contribution in [2.45, 2.75) is 32.5 Å². The molecule has 2 amide bonds. The summed E-state index contributed by atoms with van der Waals surface area (Å²) in [7, 11) is 0. The summed E-state index contributed by atoms with van der Waals surface area (Å²) in [5, 5.41) is 25.5. The van der Waals surface area contributed by atoms with E-state index in [1.54, 1.807) is 24.3 Å². The van der Waals surface area contributed by atoms with Gasteiger partial charge in [0.05, 0.1) is 41.1 Å². The molecule has 0 unspecified atom stereocenters. The molecule has 0 aliphatic rings. The highest BCUT2D eigenvalue weighted by Gasteiger charge is 2.24. The zero-order valence-electron chi connectivity index (χ0n) is 20.2. The van der Waals surface area contributed by atoms with Gasteiger partial charge in [-0.25, -0.2) is 13.8 Å². The molecule has 0 spiro atoms. The van der Waals surface area contributed by atoms with Crippen molar-refractivity contribution in [2.75, 3.05) is 10.6 Å². The van der Waals surface area contributed by atoms with Crippen LogP contribution >= 0.6 is 22.9 Å². The van der Waals surface area contributed by atoms with Crippen LogP contribution in [0.2, 0.25) is 0 Å². The predicted molar refractivity (Wildman–Crippen MR) is 141 cm³/mol. The second kappa shape index (κ2) is 10.9. The number of benzene rings is 1. The average molecular weight is 560 g/mol. The Morgan fingerprint density at radius 3 is 2.42 bits per heavy atom. The molecule has 6 N–H and O–H groups in total. The van der Waals surface area contributed by atoms with Crippen LogP contribution in [-0.2, 0) is 23.4 Å². The van der Waals surface area contributed by atoms with E-state index >= 15 is 0 Å². The van der Waals surface area contributed by atoms with Crippen molar-refractivity contribution in [1.29, 1.82) is 0 Å². The molecule has 0 saturated heterocycles. The first-order valence-electron chi connectivity index (χ1n) is 11.2. The number of aliphatic hydroxyl groups excluding tert-OH is 1. The number of halogens is 2. The van der Waals surface area contributed by atoms with E-state index in [2.05, 4.69) is 20.0 Å². The van der Waals surface area contributed by atoms with Gasteiger partial charge in [0.2, 0.25) is 5.91 Å². The first kappa shape index (κ1) is 27.3. The standard InChI is InChI=1S/C25H23F2N5O4S2/c1-25(2,36)12-6-16(26)22(17(27)7-12)18-10-15(23(28)35)24(37-18)30-19-5-3-4-13(29-19)8-20(34)31-21-9-14(11-33)32-38-21/h3-7,9-10,33,36H,8,11H2,1-2H3,(H2,28,35)(H,29,30)(H,31,34). The molecule has 3 heterocycles. The molecule has 13 heteroatoms. The molecule has 3 aromatic heterocycles. The van der Waals surface area contributed by atoms with Crippen molar-refractivity contribution in [1.82, 2.24) is 9.36 Å². The number of primary amides is 1. The average Bonchev–Trinajstić information content (AvgIpc) is 3.45. The molecule has 0 atom stereocenters. The number of pyridine rings is 1. The number of amides is 2. The lowest BCUT2D eigenvalue weighted by Crippen LogP contribution is -2.16. The van der Waals surface area contributed by atoms with Crippen LogP contribution in [0.25, 0.3) is 10.4 Å². The second-order valence-electron chi connectivity index (χ2n) is 8.80. The van der Waals surface area contributed by atoms with E-state index < -0.39 is 23.1 Å². The Kier molecular flexibility index (Phi) is 7.83. The molecule has 0 saturated carbocycles. The molecule has 9 nitrogen and oxygen atoms in total. The van der Waals surface area contributed by atoms with Gasteiger partial charge in [0.1, 0.15) is 27.5 Å². The maximum Gasteiger partial charge on any atom is 0.251 e. The highest BCUT2D eigenvalue weighted by Crippen LogP contribution is 2.40. The third-order valence-electron chi connectivity index (χ3n) is 5.37. The number of nitrogens with zero attached hydrogens (tertiary/aromatic N) is 2. The fraction of sp³-hybridized carbons (Fsp3) is 0.200. The van der Waals surface area contributed by atoms with Gasteiger partial charge < -0.3 is 26.6 Å². The topological polar surface area (TPSA) is 150 Å². The molecule has 0 radical (unpaired) electrons. The summed E-state index contributed by atoms with van der Waals surface area (Å²) in [6.07, 6.45) is -0.0653. The van der Waals surface area contributed by atoms with Crippen LogP contribution in [0.15, 0.2) is 42.5 Å². The highest BCUT2D eigenvalue weighted by atomic mass is 32.1. The SMILES string of the molecule is CC(C)(O)c1cc(F)c(-c2cc(C(N)=O)c(Nc3cccc(CC(=O)Nc4cc(CO)ns4)n3)s2)c(F)c1. The van der Waals surface area contributed by atoms with E-state index in [4.69, 9.17) is 10.8 Å². The van der Waals surface area contributed by atoms with E-state index in [1.165, 1.54) is 19.9 Å². The number of aliphatic hydroxyl groups is 2. The molecule has 0 aliphatic carbocycles. The molecule has 0 bridgehead atoms. The Hall–Kier alpha value is -3.78. The van der Waals surface area contributed by atoms with E-state index in [1.807, 2.05) is 0 Å². The highest BCUT2D eigenvalue weighted by molar-refractivity contribution is 7.20. The first-order chi connectivity index (χ1) is 17.9. The number of anilines is 3. The van der Waals surface area contributed by atoms with Crippen LogP contribution in [0, 0.1) is 11.6 Å². The summed E-state index contributed by atoms with van der Waals surface area (Å²) in [4.78, 5) is 29.0. The lowest BCUT2D eigenvalue weighted by Gasteiger charge is -2.18. The lowest BCUT2D eigenvalue weighted by atomic mass is 9.96. The van der Waals surface area contributed by atoms with Gasteiger partial charge in [-0.05, 0) is 67.3 Å². The number of nitrogens with one attached hydrogen (secondary N) is 2. The van der Waals surface area contributed by atoms with Gasteiger partial charge in [0, 0.05) is 4.88 Å². The normalized spacial score (nSPS) is 11.4. The molecule has 198 valence electrons. The minimum atomic E-state index is -1.45. The van der Waals surface area contributed by atoms with Crippen molar-refractivity contribution in [2.24, 2.45) is 5.73 Å². The van der Waals surface area contributed by atoms with E-state index in [-0.39, 0.29) is 51.3 Å². The van der Waals surface area contributed by atoms with Crippen LogP contribution in [0.5, 0.6) is 0 Å². The van der Waals surface area contributed by atoms with Crippen LogP contribution in [0.1, 0.15) is 41.2 Å². The zero-order valence-corrected chi connectivity index (χ0v) is 21.8. The Labute approximate surface area is 224 Å². The summed E-state index contributed by atoms with van der Waals surface area (Å²) in [5.74, 6) is -2.68. The largest absolute Gasteiger partial charge is 0.390 e. The fourth-order valence-corrected chi connectivity index (χ4v) is 5.30. The Balaban J connectivity index is 1.57. The van der Waals surface area contributed by atoms with E-state index in [9.17, 15) is 23.5 Å². The van der Waals surface area contributed by atoms with Crippen molar-refractivity contribution in [3.05, 3.63) is 76.6 Å². The lowest BCUT2D eigenvalue weighted by molar-refractivity contribution is -0.115. The van der Waals surface area contributed by atoms with Crippen LogP contribution in [0.3, 0.4) is 0 Å². The Morgan fingerprint density at radius 2 is 1.82 bits per heavy atom. The third-order valence-corrected chi connectivity index (χ3v) is 7.18. The van der Waals surface area contributed by atoms with Crippen molar-refractivity contribution < 1.29 is 28.6 Å². The van der Waals surface area contributed by atoms with Gasteiger partial charge in [-0.1, -0.05) is 6.07 Å². The summed E-state index contributed by atoms with van der Waals surface area (Å²) < 4.78 is 33.8. The number of carbonyl (C=O) groups excluding carboxylic acids is 2. The molecule has 4 rings (SSSR count). The number of hydrogen-bond acceptors (Lipinski definition) is 9. The molecule has 4 aromatic rings. The summed E-state index contributed by atoms with van der Waals surface area (Å²) in [5.41, 5.74) is 4.64. The maximum absolute atomic E-state index is 14.9. The van der Waals surface area contributed by atoms with Gasteiger partial charge in [-0.3, -0.25) is 9.59 Å². The van der Waals surface area contributed by atoms with Gasteiger partial charge in [0.15, 0.2) is 0 Å². The fourth-order valence-electron chi connectivity index (χ4n) is 3.51. The predicted octanol–water partition coefficient (Wildman–Crippen LogP) is 4.29. The first-order valence-corrected chi connectivity index (χ1v) is 12.8. The molecular weight excluding hydrogens is 536 g/mol. The Morgan fingerprint density at radius 1 is 1.11 bits per heavy atom. The number of rotatable bonds is 9. The van der Waals surface area contributed by atoms with Crippen molar-refractivity contribution in [3.8, 4) is 10.4 Å². The van der Waals surface area contributed by atoms with Crippen molar-refractivity contribution >= 4 is 50.5 Å². The smallest absolute Gasteiger partial charge is 0.251 e. The zero-order chi connectivity index (χ0) is 27.6. The van der Waals surface area contributed by atoms with Crippen LogP contribution < -0.4 is 16.4 Å². The quantitative estimate of drug-likeness (QED) is 0.205. The molecular formula is C25H23F2N5O4S2. The van der Waals surface area contributed by atoms with Gasteiger partial charge in [0.25, 0.3) is 5.91 Å². The number of nitrogens with two attached hydrogens (primary N) is 1. The van der Waals surface area contributed by atoms with Gasteiger partial charge in [-0.15, -0.1) is 11.3 Å². The number of carbonyl (C=O) groups is 2. The number of hydrogen-bond donors (Lipinski definition) is 5. The molecule has 38 heavy (non-hydrogen) atoms. The molecule has 0 fully saturated rings. The summed E-state index contributed by atoms with van der Waals surface area (Å²) >= 11 is 1.95. The van der Waals surface area contributed by atoms with E-state index in [0.717, 1.165) is 35.0 Å². The number of thiophene rings is 1. The minimum absolute atomic E-state index is 0.00481. The summed E-state index contributed by atoms with van der Waals surface area (Å²) in [6, 6.07) is 9.83. The Bertz CT molecular complexity index is 1490. The number of aromatic nitrogens is 2. The monoisotopic (exact) mass is 559 g/mol. The van der Waals surface area contributed by atoms with Crippen LogP contribution in [-0.4, -0.2) is 31.4 Å². The molecule has 0 aliphatic heterocycles. The van der Waals surface area contributed by atoms with Crippen molar-refractivity contribution in [3.63, 3.8) is 0 Å². The van der Waals surface area contributed by atoms with Gasteiger partial charge >= 0.3 is 0 Å². The van der Waals surface area contributed by atoms with Gasteiger partial charge in [-0.2, -0.15) is 4.37 Å². The minimum Gasteiger partial charge on any atom is -0.390 e.